The van der Waals surface area contributed by atoms with E-state index < -0.39 is 0 Å². The first-order chi connectivity index (χ1) is 8.56. The molecule has 4 heteroatoms. The molecule has 0 aliphatic carbocycles. The van der Waals surface area contributed by atoms with Gasteiger partial charge in [0, 0.05) is 17.3 Å². The van der Waals surface area contributed by atoms with E-state index >= 15 is 0 Å². The molecule has 2 aliphatic heterocycles. The van der Waals surface area contributed by atoms with Crippen LogP contribution in [0.2, 0.25) is 0 Å². The highest BCUT2D eigenvalue weighted by Crippen LogP contribution is 2.27. The maximum absolute atomic E-state index is 4.66. The minimum atomic E-state index is 0.626. The van der Waals surface area contributed by atoms with E-state index in [1.54, 1.807) is 0 Å². The molecule has 2 rings (SSSR count). The Balaban J connectivity index is 1.83. The number of rotatable bonds is 3. The first-order valence-electron chi connectivity index (χ1n) is 7.32. The van der Waals surface area contributed by atoms with Crippen molar-refractivity contribution in [2.75, 3.05) is 6.54 Å². The molecule has 104 valence electrons. The maximum atomic E-state index is 4.66. The minimum Gasteiger partial charge on any atom is -0.297 e. The fraction of sp³-hybridized carbons (Fsp3) is 0.929. The van der Waals surface area contributed by atoms with Crippen LogP contribution >= 0.6 is 11.8 Å². The molecule has 0 bridgehead atoms. The van der Waals surface area contributed by atoms with Crippen molar-refractivity contribution >= 4 is 16.9 Å². The van der Waals surface area contributed by atoms with Crippen LogP contribution in [0.15, 0.2) is 4.99 Å². The van der Waals surface area contributed by atoms with E-state index in [4.69, 9.17) is 0 Å². The smallest absolute Gasteiger partial charge is 0.171 e. The summed E-state index contributed by atoms with van der Waals surface area (Å²) in [5, 5.41) is 4.23. The van der Waals surface area contributed by atoms with Crippen LogP contribution in [0.25, 0.3) is 0 Å². The molecule has 0 amide bonds. The maximum Gasteiger partial charge on any atom is 0.171 e. The van der Waals surface area contributed by atoms with Crippen LogP contribution in [0.4, 0.5) is 0 Å². The predicted molar refractivity (Wildman–Crippen MR) is 80.9 cm³/mol. The van der Waals surface area contributed by atoms with Gasteiger partial charge in [-0.15, -0.1) is 0 Å². The van der Waals surface area contributed by atoms with Gasteiger partial charge in [-0.25, -0.2) is 5.01 Å². The fourth-order valence-corrected chi connectivity index (χ4v) is 4.13. The molecule has 1 N–H and O–H groups in total. The number of amidine groups is 1. The Bertz CT molecular complexity index is 293. The van der Waals surface area contributed by atoms with Gasteiger partial charge in [0.05, 0.1) is 6.54 Å². The number of hydrazine groups is 1. The molecule has 0 radical (unpaired) electrons. The van der Waals surface area contributed by atoms with Crippen molar-refractivity contribution in [2.45, 2.75) is 70.7 Å². The lowest BCUT2D eigenvalue weighted by molar-refractivity contribution is 0.0753. The van der Waals surface area contributed by atoms with Crippen molar-refractivity contribution < 1.29 is 0 Å². The molecule has 0 aromatic rings. The van der Waals surface area contributed by atoms with Gasteiger partial charge in [0.2, 0.25) is 0 Å². The van der Waals surface area contributed by atoms with E-state index in [-0.39, 0.29) is 0 Å². The zero-order chi connectivity index (χ0) is 13.1. The van der Waals surface area contributed by atoms with E-state index in [1.165, 1.54) is 25.7 Å². The summed E-state index contributed by atoms with van der Waals surface area (Å²) in [7, 11) is 0. The van der Waals surface area contributed by atoms with Crippen LogP contribution < -0.4 is 5.43 Å². The monoisotopic (exact) mass is 269 g/mol. The molecule has 2 heterocycles. The molecule has 2 aliphatic rings. The zero-order valence-electron chi connectivity index (χ0n) is 12.1. The van der Waals surface area contributed by atoms with Crippen molar-refractivity contribution in [3.8, 4) is 0 Å². The quantitative estimate of drug-likeness (QED) is 0.852. The lowest BCUT2D eigenvalue weighted by Gasteiger charge is -2.39. The van der Waals surface area contributed by atoms with E-state index in [1.807, 2.05) is 11.8 Å². The van der Waals surface area contributed by atoms with Crippen LogP contribution in [0, 0.1) is 5.92 Å². The summed E-state index contributed by atoms with van der Waals surface area (Å²) in [5.41, 5.74) is 3.57. The third-order valence-electron chi connectivity index (χ3n) is 3.87. The summed E-state index contributed by atoms with van der Waals surface area (Å²) in [6.07, 6.45) is 5.22. The van der Waals surface area contributed by atoms with Crippen LogP contribution in [-0.2, 0) is 0 Å². The average Bonchev–Trinajstić information content (AvgIpc) is 2.70. The standard InChI is InChI=1S/C14H27N3S/c1-10(2)8-13-9-15-14(18-13)16-17-11(3)6-5-7-12(17)4/h10-13H,5-9H2,1-4H3,(H,15,16). The highest BCUT2D eigenvalue weighted by Gasteiger charge is 2.28. The average molecular weight is 269 g/mol. The molecule has 0 spiro atoms. The van der Waals surface area contributed by atoms with Crippen LogP contribution in [0.3, 0.4) is 0 Å². The van der Waals surface area contributed by atoms with Crippen molar-refractivity contribution in [2.24, 2.45) is 10.9 Å². The van der Waals surface area contributed by atoms with Gasteiger partial charge in [-0.05, 0) is 39.0 Å². The topological polar surface area (TPSA) is 27.6 Å². The van der Waals surface area contributed by atoms with Gasteiger partial charge in [-0.1, -0.05) is 32.0 Å². The summed E-state index contributed by atoms with van der Waals surface area (Å²) in [5.74, 6) is 0.768. The van der Waals surface area contributed by atoms with Gasteiger partial charge >= 0.3 is 0 Å². The van der Waals surface area contributed by atoms with Crippen LogP contribution in [-0.4, -0.2) is 34.1 Å². The van der Waals surface area contributed by atoms with Crippen molar-refractivity contribution in [1.82, 2.24) is 10.4 Å². The first-order valence-corrected chi connectivity index (χ1v) is 8.20. The summed E-state index contributed by atoms with van der Waals surface area (Å²) < 4.78 is 0. The normalized spacial score (nSPS) is 33.8. The summed E-state index contributed by atoms with van der Waals surface area (Å²) in [6.45, 7) is 10.2. The second kappa shape index (κ2) is 6.29. The highest BCUT2D eigenvalue weighted by atomic mass is 32.2. The Hall–Kier alpha value is -0.220. The molecule has 3 atom stereocenters. The Morgan fingerprint density at radius 3 is 2.61 bits per heavy atom. The number of thioether (sulfide) groups is 1. The largest absolute Gasteiger partial charge is 0.297 e. The van der Waals surface area contributed by atoms with Gasteiger partial charge in [0.25, 0.3) is 0 Å². The Morgan fingerprint density at radius 2 is 2.00 bits per heavy atom. The van der Waals surface area contributed by atoms with Gasteiger partial charge in [0.15, 0.2) is 5.17 Å². The van der Waals surface area contributed by atoms with Crippen molar-refractivity contribution in [3.05, 3.63) is 0 Å². The predicted octanol–water partition coefficient (Wildman–Crippen LogP) is 3.27. The van der Waals surface area contributed by atoms with Crippen molar-refractivity contribution in [1.29, 1.82) is 0 Å². The molecule has 1 saturated heterocycles. The SMILES string of the molecule is CC(C)CC1CN=C(NN2C(C)CCCC2C)S1. The molecule has 18 heavy (non-hydrogen) atoms. The third kappa shape index (κ3) is 3.64. The molecule has 0 saturated carbocycles. The second-order valence-corrected chi connectivity index (χ2v) is 7.45. The van der Waals surface area contributed by atoms with E-state index in [9.17, 15) is 0 Å². The van der Waals surface area contributed by atoms with E-state index in [0.717, 1.165) is 17.6 Å². The zero-order valence-corrected chi connectivity index (χ0v) is 13.0. The van der Waals surface area contributed by atoms with Gasteiger partial charge < -0.3 is 0 Å². The Morgan fingerprint density at radius 1 is 1.33 bits per heavy atom. The fourth-order valence-electron chi connectivity index (χ4n) is 2.88. The van der Waals surface area contributed by atoms with Gasteiger partial charge in [-0.2, -0.15) is 0 Å². The number of hydrogen-bond donors (Lipinski definition) is 1. The lowest BCUT2D eigenvalue weighted by atomic mass is 10.00. The first kappa shape index (κ1) is 14.2. The third-order valence-corrected chi connectivity index (χ3v) is 4.99. The summed E-state index contributed by atoms with van der Waals surface area (Å²) >= 11 is 1.93. The number of nitrogens with one attached hydrogen (secondary N) is 1. The molecule has 1 fully saturated rings. The molecule has 3 nitrogen and oxygen atoms in total. The van der Waals surface area contributed by atoms with Gasteiger partial charge in [-0.3, -0.25) is 10.4 Å². The van der Waals surface area contributed by atoms with Gasteiger partial charge in [0.1, 0.15) is 0 Å². The second-order valence-electron chi connectivity index (χ2n) is 6.16. The molecule has 0 aromatic carbocycles. The Labute approximate surface area is 116 Å². The molecular weight excluding hydrogens is 242 g/mol. The Kier molecular flexibility index (Phi) is 4.96. The minimum absolute atomic E-state index is 0.626. The highest BCUT2D eigenvalue weighted by molar-refractivity contribution is 8.14. The molecule has 3 unspecified atom stereocenters. The number of nitrogens with zero attached hydrogens (tertiary/aromatic N) is 2. The number of aliphatic imine (C=N–C) groups is 1. The van der Waals surface area contributed by atoms with Crippen LogP contribution in [0.5, 0.6) is 0 Å². The molecular formula is C14H27N3S. The number of piperidine rings is 1. The molecule has 0 aromatic heterocycles. The van der Waals surface area contributed by atoms with Crippen molar-refractivity contribution in [3.63, 3.8) is 0 Å². The lowest BCUT2D eigenvalue weighted by Crippen LogP contribution is -2.53. The van der Waals surface area contributed by atoms with Crippen LogP contribution in [0.1, 0.15) is 53.4 Å². The number of hydrogen-bond acceptors (Lipinski definition) is 4. The summed E-state index contributed by atoms with van der Waals surface area (Å²) in [4.78, 5) is 4.66. The van der Waals surface area contributed by atoms with E-state index in [2.05, 4.69) is 43.1 Å². The van der Waals surface area contributed by atoms with E-state index in [0.29, 0.717) is 17.3 Å². The summed E-state index contributed by atoms with van der Waals surface area (Å²) in [6, 6.07) is 1.25.